The van der Waals surface area contributed by atoms with Gasteiger partial charge in [0.2, 0.25) is 0 Å². The van der Waals surface area contributed by atoms with Gasteiger partial charge in [-0.3, -0.25) is 4.79 Å². The second-order valence-corrected chi connectivity index (χ2v) is 8.69. The molecule has 0 saturated carbocycles. The lowest BCUT2D eigenvalue weighted by Crippen LogP contribution is -2.25. The van der Waals surface area contributed by atoms with E-state index in [1.807, 2.05) is 36.4 Å². The molecule has 1 N–H and O–H groups in total. The van der Waals surface area contributed by atoms with Gasteiger partial charge in [-0.25, -0.2) is 4.98 Å². The van der Waals surface area contributed by atoms with E-state index >= 15 is 0 Å². The second kappa shape index (κ2) is 10.5. The minimum atomic E-state index is -0.154. The molecule has 1 amide bonds. The molecule has 0 aliphatic rings. The lowest BCUT2D eigenvalue weighted by molar-refractivity contribution is 0.0949. The molecule has 5 nitrogen and oxygen atoms in total. The van der Waals surface area contributed by atoms with Crippen molar-refractivity contribution in [1.82, 2.24) is 14.9 Å². The van der Waals surface area contributed by atoms with Crippen molar-refractivity contribution in [3.05, 3.63) is 94.8 Å². The number of para-hydroxylation sites is 3. The van der Waals surface area contributed by atoms with Crippen LogP contribution in [0.4, 0.5) is 0 Å². The average Bonchev–Trinajstić information content (AvgIpc) is 3.18. The van der Waals surface area contributed by atoms with Crippen molar-refractivity contribution in [2.24, 2.45) is 0 Å². The Hall–Kier alpha value is -3.31. The molecule has 0 bridgehead atoms. The molecule has 6 heteroatoms. The first-order chi connectivity index (χ1) is 16.0. The fraction of sp³-hybridized carbons (Fsp3) is 0.259. The van der Waals surface area contributed by atoms with Crippen LogP contribution < -0.4 is 10.1 Å². The molecule has 0 atom stereocenters. The number of carbonyl (C=O) groups is 1. The van der Waals surface area contributed by atoms with Gasteiger partial charge in [0.1, 0.15) is 11.6 Å². The number of hydrogen-bond acceptors (Lipinski definition) is 3. The van der Waals surface area contributed by atoms with Crippen LogP contribution in [0.15, 0.2) is 72.8 Å². The zero-order valence-electron chi connectivity index (χ0n) is 18.9. The van der Waals surface area contributed by atoms with Crippen molar-refractivity contribution in [1.29, 1.82) is 0 Å². The van der Waals surface area contributed by atoms with Gasteiger partial charge in [0.05, 0.1) is 24.2 Å². The largest absolute Gasteiger partial charge is 0.493 e. The number of nitrogens with zero attached hydrogens (tertiary/aromatic N) is 2. The van der Waals surface area contributed by atoms with Crippen LogP contribution in [0.1, 0.15) is 47.9 Å². The van der Waals surface area contributed by atoms with Crippen LogP contribution in [0.2, 0.25) is 5.02 Å². The lowest BCUT2D eigenvalue weighted by Gasteiger charge is -2.15. The van der Waals surface area contributed by atoms with Crippen molar-refractivity contribution in [3.63, 3.8) is 0 Å². The van der Waals surface area contributed by atoms with E-state index in [1.54, 1.807) is 24.3 Å². The Kier molecular flexibility index (Phi) is 7.30. The van der Waals surface area contributed by atoms with Crippen LogP contribution in [0.3, 0.4) is 0 Å². The summed E-state index contributed by atoms with van der Waals surface area (Å²) < 4.78 is 8.26. The highest BCUT2D eigenvalue weighted by Crippen LogP contribution is 2.26. The molecular weight excluding hydrogens is 434 g/mol. The second-order valence-electron chi connectivity index (χ2n) is 8.25. The number of ether oxygens (including phenoxy) is 1. The van der Waals surface area contributed by atoms with E-state index in [0.29, 0.717) is 29.7 Å². The van der Waals surface area contributed by atoms with Gasteiger partial charge in [-0.05, 0) is 60.4 Å². The summed E-state index contributed by atoms with van der Waals surface area (Å²) in [6, 6.07) is 23.1. The number of amides is 1. The number of benzene rings is 3. The van der Waals surface area contributed by atoms with E-state index in [1.165, 1.54) is 5.56 Å². The normalized spacial score (nSPS) is 11.2. The smallest absolute Gasteiger partial charge is 0.251 e. The van der Waals surface area contributed by atoms with Crippen LogP contribution in [0.25, 0.3) is 11.0 Å². The summed E-state index contributed by atoms with van der Waals surface area (Å²) >= 11 is 5.92. The molecule has 0 fully saturated rings. The molecule has 1 heterocycles. The first-order valence-electron chi connectivity index (χ1n) is 11.2. The number of rotatable bonds is 9. The molecule has 0 spiro atoms. The Labute approximate surface area is 199 Å². The fourth-order valence-electron chi connectivity index (χ4n) is 3.87. The van der Waals surface area contributed by atoms with Gasteiger partial charge in [-0.2, -0.15) is 0 Å². The van der Waals surface area contributed by atoms with Crippen LogP contribution in [0.5, 0.6) is 5.75 Å². The monoisotopic (exact) mass is 461 g/mol. The molecule has 4 rings (SSSR count). The topological polar surface area (TPSA) is 56.1 Å². The van der Waals surface area contributed by atoms with E-state index in [4.69, 9.17) is 21.3 Å². The van der Waals surface area contributed by atoms with Gasteiger partial charge in [0.25, 0.3) is 5.91 Å². The first-order valence-corrected chi connectivity index (χ1v) is 11.6. The summed E-state index contributed by atoms with van der Waals surface area (Å²) in [6.45, 7) is 6.03. The Balaban J connectivity index is 1.43. The third kappa shape index (κ3) is 5.55. The van der Waals surface area contributed by atoms with E-state index in [2.05, 4.69) is 35.9 Å². The van der Waals surface area contributed by atoms with E-state index in [9.17, 15) is 4.79 Å². The van der Waals surface area contributed by atoms with Gasteiger partial charge >= 0.3 is 0 Å². The van der Waals surface area contributed by atoms with Gasteiger partial charge in [0, 0.05) is 17.1 Å². The predicted octanol–water partition coefficient (Wildman–Crippen LogP) is 6.21. The maximum atomic E-state index is 12.5. The maximum absolute atomic E-state index is 12.5. The molecule has 1 aromatic heterocycles. The summed E-state index contributed by atoms with van der Waals surface area (Å²) in [7, 11) is 0. The van der Waals surface area contributed by atoms with Crippen molar-refractivity contribution in [3.8, 4) is 5.75 Å². The predicted molar refractivity (Wildman–Crippen MR) is 133 cm³/mol. The maximum Gasteiger partial charge on any atom is 0.251 e. The van der Waals surface area contributed by atoms with Gasteiger partial charge in [-0.15, -0.1) is 0 Å². The van der Waals surface area contributed by atoms with Gasteiger partial charge in [-0.1, -0.05) is 55.8 Å². The number of carbonyl (C=O) groups excluding carboxylic acids is 1. The number of fused-ring (bicyclic) bond motifs is 1. The molecule has 170 valence electrons. The molecule has 0 aliphatic carbocycles. The molecule has 0 saturated heterocycles. The van der Waals surface area contributed by atoms with Crippen molar-refractivity contribution < 1.29 is 9.53 Å². The average molecular weight is 462 g/mol. The van der Waals surface area contributed by atoms with Gasteiger partial charge in [0.15, 0.2) is 0 Å². The molecule has 0 unspecified atom stereocenters. The highest BCUT2D eigenvalue weighted by atomic mass is 35.5. The summed E-state index contributed by atoms with van der Waals surface area (Å²) in [5.41, 5.74) is 3.76. The SMILES string of the molecule is CC(C)c1ccccc1OCCCn1c(CNC(=O)c2ccc(Cl)cc2)nc2ccccc21. The molecule has 33 heavy (non-hydrogen) atoms. The molecule has 4 aromatic rings. The Morgan fingerprint density at radius 3 is 2.55 bits per heavy atom. The summed E-state index contributed by atoms with van der Waals surface area (Å²) in [6.07, 6.45) is 0.824. The van der Waals surface area contributed by atoms with Crippen LogP contribution in [0, 0.1) is 0 Å². The Morgan fingerprint density at radius 1 is 1.03 bits per heavy atom. The minimum absolute atomic E-state index is 0.154. The zero-order valence-corrected chi connectivity index (χ0v) is 19.7. The van der Waals surface area contributed by atoms with E-state index in [-0.39, 0.29) is 5.91 Å². The van der Waals surface area contributed by atoms with Crippen LogP contribution in [-0.4, -0.2) is 22.1 Å². The zero-order chi connectivity index (χ0) is 23.2. The quantitative estimate of drug-likeness (QED) is 0.301. The molecule has 0 radical (unpaired) electrons. The fourth-order valence-corrected chi connectivity index (χ4v) is 3.99. The third-order valence-corrected chi connectivity index (χ3v) is 5.82. The number of aryl methyl sites for hydroxylation is 1. The Morgan fingerprint density at radius 2 is 1.76 bits per heavy atom. The van der Waals surface area contributed by atoms with E-state index in [0.717, 1.165) is 35.6 Å². The van der Waals surface area contributed by atoms with Gasteiger partial charge < -0.3 is 14.6 Å². The summed E-state index contributed by atoms with van der Waals surface area (Å²) in [5.74, 6) is 2.02. The highest BCUT2D eigenvalue weighted by molar-refractivity contribution is 6.30. The summed E-state index contributed by atoms with van der Waals surface area (Å²) in [5, 5.41) is 3.58. The molecule has 0 aliphatic heterocycles. The molecule has 3 aromatic carbocycles. The molecular formula is C27H28ClN3O2. The van der Waals surface area contributed by atoms with Crippen LogP contribution >= 0.6 is 11.6 Å². The number of aromatic nitrogens is 2. The number of imidazole rings is 1. The highest BCUT2D eigenvalue weighted by Gasteiger charge is 2.13. The van der Waals surface area contributed by atoms with E-state index < -0.39 is 0 Å². The third-order valence-electron chi connectivity index (χ3n) is 5.57. The lowest BCUT2D eigenvalue weighted by atomic mass is 10.0. The van der Waals surface area contributed by atoms with Crippen LogP contribution in [-0.2, 0) is 13.1 Å². The van der Waals surface area contributed by atoms with Crippen molar-refractivity contribution in [2.75, 3.05) is 6.61 Å². The first kappa shape index (κ1) is 22.9. The minimum Gasteiger partial charge on any atom is -0.493 e. The summed E-state index contributed by atoms with van der Waals surface area (Å²) in [4.78, 5) is 17.3. The standard InChI is InChI=1S/C27H28ClN3O2/c1-19(2)22-8-3-6-11-25(22)33-17-7-16-31-24-10-5-4-9-23(24)30-26(31)18-29-27(32)20-12-14-21(28)15-13-20/h3-6,8-15,19H,7,16-18H2,1-2H3,(H,29,32). The Bertz CT molecular complexity index is 1230. The number of halogens is 1. The van der Waals surface area contributed by atoms with Crippen molar-refractivity contribution >= 4 is 28.5 Å². The number of nitrogens with one attached hydrogen (secondary N) is 1. The number of hydrogen-bond donors (Lipinski definition) is 1. The van der Waals surface area contributed by atoms with Crippen molar-refractivity contribution in [2.45, 2.75) is 39.3 Å².